The quantitative estimate of drug-likeness (QED) is 0.416. The molecule has 2 aromatic rings. The van der Waals surface area contributed by atoms with Crippen molar-refractivity contribution in [1.82, 2.24) is 0 Å². The van der Waals surface area contributed by atoms with Gasteiger partial charge >= 0.3 is 0 Å². The van der Waals surface area contributed by atoms with Gasteiger partial charge in [-0.2, -0.15) is 0 Å². The Labute approximate surface area is 135 Å². The van der Waals surface area contributed by atoms with Crippen LogP contribution in [0.25, 0.3) is 0 Å². The minimum absolute atomic E-state index is 0.161. The maximum absolute atomic E-state index is 12.3. The summed E-state index contributed by atoms with van der Waals surface area (Å²) in [5, 5.41) is 3.52. The van der Waals surface area contributed by atoms with Gasteiger partial charge in [0, 0.05) is 19.8 Å². The lowest BCUT2D eigenvalue weighted by Crippen LogP contribution is -2.15. The van der Waals surface area contributed by atoms with Crippen molar-refractivity contribution in [2.75, 3.05) is 10.7 Å². The first kappa shape index (κ1) is 15.1. The Balaban J connectivity index is 2.24. The maximum atomic E-state index is 12.3. The zero-order chi connectivity index (χ0) is 14.7. The number of amides is 1. The van der Waals surface area contributed by atoms with E-state index in [0.717, 1.165) is 20.5 Å². The van der Waals surface area contributed by atoms with Gasteiger partial charge in [0.1, 0.15) is 0 Å². The summed E-state index contributed by atoms with van der Waals surface area (Å²) in [5.74, 6) is 5.18. The van der Waals surface area contributed by atoms with Crippen LogP contribution in [-0.4, -0.2) is 5.91 Å². The lowest BCUT2D eigenvalue weighted by molar-refractivity contribution is 0.102. The van der Waals surface area contributed by atoms with Gasteiger partial charge in [-0.05, 0) is 71.5 Å². The van der Waals surface area contributed by atoms with Crippen molar-refractivity contribution in [2.24, 2.45) is 5.84 Å². The molecule has 0 fully saturated rings. The molecule has 0 radical (unpaired) electrons. The molecule has 0 saturated heterocycles. The van der Waals surface area contributed by atoms with E-state index < -0.39 is 0 Å². The molecule has 0 aliphatic heterocycles. The molecule has 0 unspecified atom stereocenters. The molecule has 2 aromatic carbocycles. The van der Waals surface area contributed by atoms with Crippen LogP contribution in [0.1, 0.15) is 15.9 Å². The molecule has 104 valence electrons. The number of anilines is 2. The van der Waals surface area contributed by atoms with E-state index in [2.05, 4.69) is 33.3 Å². The number of hydrazine groups is 1. The zero-order valence-electron chi connectivity index (χ0n) is 10.7. The Morgan fingerprint density at radius 1 is 1.25 bits per heavy atom. The second kappa shape index (κ2) is 6.43. The molecule has 0 atom stereocenters. The summed E-state index contributed by atoms with van der Waals surface area (Å²) in [5.41, 5.74) is 5.51. The molecule has 6 heteroatoms. The van der Waals surface area contributed by atoms with Crippen molar-refractivity contribution in [2.45, 2.75) is 6.92 Å². The average Bonchev–Trinajstić information content (AvgIpc) is 2.41. The Morgan fingerprint density at radius 3 is 2.60 bits per heavy atom. The van der Waals surface area contributed by atoms with E-state index >= 15 is 0 Å². The lowest BCUT2D eigenvalue weighted by Gasteiger charge is -2.10. The van der Waals surface area contributed by atoms with Gasteiger partial charge in [0.05, 0.1) is 5.69 Å². The summed E-state index contributed by atoms with van der Waals surface area (Å²) < 4.78 is 0.890. The van der Waals surface area contributed by atoms with Crippen molar-refractivity contribution in [1.29, 1.82) is 0 Å². The normalized spacial score (nSPS) is 10.2. The third-order valence-electron chi connectivity index (χ3n) is 2.82. The van der Waals surface area contributed by atoms with E-state index in [-0.39, 0.29) is 5.91 Å². The minimum Gasteiger partial charge on any atom is -0.324 e. The minimum atomic E-state index is -0.161. The molecule has 1 amide bonds. The van der Waals surface area contributed by atoms with Crippen LogP contribution in [0, 0.1) is 10.5 Å². The first-order valence-corrected chi connectivity index (χ1v) is 7.30. The van der Waals surface area contributed by atoms with Gasteiger partial charge in [0.15, 0.2) is 0 Å². The maximum Gasteiger partial charge on any atom is 0.255 e. The second-order valence-corrected chi connectivity index (χ2v) is 5.85. The van der Waals surface area contributed by atoms with Crippen molar-refractivity contribution >= 4 is 51.5 Å². The number of nitrogens with one attached hydrogen (secondary N) is 2. The van der Waals surface area contributed by atoms with Gasteiger partial charge in [-0.15, -0.1) is 0 Å². The zero-order valence-corrected chi connectivity index (χ0v) is 13.6. The number of hydrogen-bond donors (Lipinski definition) is 3. The van der Waals surface area contributed by atoms with Crippen LogP contribution in [0.5, 0.6) is 0 Å². The van der Waals surface area contributed by atoms with Crippen molar-refractivity contribution in [3.05, 3.63) is 56.1 Å². The molecule has 2 rings (SSSR count). The van der Waals surface area contributed by atoms with Gasteiger partial charge in [-0.25, -0.2) is 0 Å². The second-order valence-electron chi connectivity index (χ2n) is 4.25. The summed E-state index contributed by atoms with van der Waals surface area (Å²) in [4.78, 5) is 12.3. The first-order valence-electron chi connectivity index (χ1n) is 5.85. The number of rotatable bonds is 3. The summed E-state index contributed by atoms with van der Waals surface area (Å²) in [6.45, 7) is 1.86. The molecule has 4 nitrogen and oxygen atoms in total. The average molecular weight is 402 g/mol. The molecule has 0 bridgehead atoms. The standard InChI is InChI=1S/C14H13ClIN3O/c1-8-6-10(19-17)3-4-11(8)14(20)18-13-5-2-9(15)7-12(13)16/h2-7,19H,17H2,1H3,(H,18,20). The fourth-order valence-corrected chi connectivity index (χ4v) is 2.80. The lowest BCUT2D eigenvalue weighted by atomic mass is 10.1. The van der Waals surface area contributed by atoms with Gasteiger partial charge in [-0.1, -0.05) is 11.6 Å². The molecule has 0 aliphatic carbocycles. The van der Waals surface area contributed by atoms with E-state index in [1.807, 2.05) is 13.0 Å². The Kier molecular flexibility index (Phi) is 4.85. The number of hydrogen-bond acceptors (Lipinski definition) is 3. The summed E-state index contributed by atoms with van der Waals surface area (Å²) in [7, 11) is 0. The van der Waals surface area contributed by atoms with Crippen LogP contribution in [0.15, 0.2) is 36.4 Å². The van der Waals surface area contributed by atoms with Crippen LogP contribution < -0.4 is 16.6 Å². The van der Waals surface area contributed by atoms with Crippen molar-refractivity contribution in [3.8, 4) is 0 Å². The predicted octanol–water partition coefficient (Wildman–Crippen LogP) is 3.79. The Hall–Kier alpha value is -1.31. The predicted molar refractivity (Wildman–Crippen MR) is 91.1 cm³/mol. The summed E-state index contributed by atoms with van der Waals surface area (Å²) in [6, 6.07) is 10.6. The number of aryl methyl sites for hydroxylation is 1. The van der Waals surface area contributed by atoms with E-state index in [0.29, 0.717) is 10.6 Å². The molecule has 0 spiro atoms. The van der Waals surface area contributed by atoms with Crippen LogP contribution >= 0.6 is 34.2 Å². The molecule has 4 N–H and O–H groups in total. The van der Waals surface area contributed by atoms with Crippen LogP contribution in [0.3, 0.4) is 0 Å². The van der Waals surface area contributed by atoms with E-state index in [4.69, 9.17) is 17.4 Å². The van der Waals surface area contributed by atoms with Gasteiger partial charge in [0.25, 0.3) is 5.91 Å². The molecular weight excluding hydrogens is 389 g/mol. The van der Waals surface area contributed by atoms with Gasteiger partial charge in [0.2, 0.25) is 0 Å². The monoisotopic (exact) mass is 401 g/mol. The molecule has 0 saturated carbocycles. The van der Waals surface area contributed by atoms with Crippen LogP contribution in [-0.2, 0) is 0 Å². The topological polar surface area (TPSA) is 67.1 Å². The highest BCUT2D eigenvalue weighted by Gasteiger charge is 2.11. The number of carbonyl (C=O) groups excluding carboxylic acids is 1. The van der Waals surface area contributed by atoms with E-state index in [1.165, 1.54) is 0 Å². The van der Waals surface area contributed by atoms with Gasteiger partial charge < -0.3 is 10.7 Å². The third kappa shape index (κ3) is 3.41. The van der Waals surface area contributed by atoms with Crippen LogP contribution in [0.4, 0.5) is 11.4 Å². The Morgan fingerprint density at radius 2 is 2.00 bits per heavy atom. The van der Waals surface area contributed by atoms with E-state index in [9.17, 15) is 4.79 Å². The van der Waals surface area contributed by atoms with Crippen molar-refractivity contribution in [3.63, 3.8) is 0 Å². The highest BCUT2D eigenvalue weighted by atomic mass is 127. The highest BCUT2D eigenvalue weighted by molar-refractivity contribution is 14.1. The number of carbonyl (C=O) groups is 1. The largest absolute Gasteiger partial charge is 0.324 e. The molecule has 0 heterocycles. The molecule has 20 heavy (non-hydrogen) atoms. The Bertz CT molecular complexity index is 661. The first-order chi connectivity index (χ1) is 9.51. The fraction of sp³-hybridized carbons (Fsp3) is 0.0714. The van der Waals surface area contributed by atoms with E-state index in [1.54, 1.807) is 30.3 Å². The number of halogens is 2. The molecule has 0 aliphatic rings. The number of benzene rings is 2. The van der Waals surface area contributed by atoms with Crippen molar-refractivity contribution < 1.29 is 4.79 Å². The van der Waals surface area contributed by atoms with Crippen LogP contribution in [0.2, 0.25) is 5.02 Å². The highest BCUT2D eigenvalue weighted by Crippen LogP contribution is 2.23. The number of nitrogen functional groups attached to an aromatic ring is 1. The van der Waals surface area contributed by atoms with Gasteiger partial charge in [-0.3, -0.25) is 10.6 Å². The smallest absolute Gasteiger partial charge is 0.255 e. The number of nitrogens with two attached hydrogens (primary N) is 1. The third-order valence-corrected chi connectivity index (χ3v) is 3.94. The summed E-state index contributed by atoms with van der Waals surface area (Å²) in [6.07, 6.45) is 0. The molecule has 0 aromatic heterocycles. The fourth-order valence-electron chi connectivity index (χ4n) is 1.79. The SMILES string of the molecule is Cc1cc(NN)ccc1C(=O)Nc1ccc(Cl)cc1I. The molecular formula is C14H13ClIN3O. The summed E-state index contributed by atoms with van der Waals surface area (Å²) >= 11 is 8.03.